The zero-order valence-electron chi connectivity index (χ0n) is 8.07. The van der Waals surface area contributed by atoms with Crippen LogP contribution in [0.1, 0.15) is 20.7 Å². The lowest BCUT2D eigenvalue weighted by Gasteiger charge is -1.94. The first-order valence-corrected chi connectivity index (χ1v) is 3.69. The summed E-state index contributed by atoms with van der Waals surface area (Å²) in [4.78, 5) is 20.7. The largest absolute Gasteiger partial charge is 0.478 e. The van der Waals surface area contributed by atoms with E-state index in [4.69, 9.17) is 20.7 Å². The fourth-order valence-corrected chi connectivity index (χ4v) is 0.755. The van der Waals surface area contributed by atoms with Gasteiger partial charge in [0.2, 0.25) is 0 Å². The number of rotatable bonds is 2. The van der Waals surface area contributed by atoms with E-state index in [0.717, 1.165) is 0 Å². The highest BCUT2D eigenvalue weighted by Crippen LogP contribution is 2.03. The molecule has 0 saturated heterocycles. The monoisotopic (exact) mass is 220 g/mol. The van der Waals surface area contributed by atoms with E-state index in [-0.39, 0.29) is 11.1 Å². The molecule has 82 valence electrons. The van der Waals surface area contributed by atoms with Crippen LogP contribution in [0, 0.1) is 23.7 Å². The number of aromatic carboxylic acids is 2. The van der Waals surface area contributed by atoms with Crippen molar-refractivity contribution in [3.05, 3.63) is 35.4 Å². The van der Waals surface area contributed by atoms with Crippen molar-refractivity contribution >= 4 is 11.9 Å². The molecule has 0 aliphatic rings. The van der Waals surface area contributed by atoms with Crippen LogP contribution >= 0.6 is 0 Å². The maximum atomic E-state index is 10.3. The summed E-state index contributed by atoms with van der Waals surface area (Å²) >= 11 is 0. The second-order valence-corrected chi connectivity index (χ2v) is 2.19. The van der Waals surface area contributed by atoms with Crippen molar-refractivity contribution in [2.45, 2.75) is 0 Å². The Bertz CT molecular complexity index is 353. The molecule has 1 aromatic carbocycles. The predicted octanol–water partition coefficient (Wildman–Crippen LogP) is 1.36. The number of nitrogens with zero attached hydrogens (tertiary/aromatic N) is 2. The molecule has 0 heterocycles. The highest BCUT2D eigenvalue weighted by Gasteiger charge is 2.04. The summed E-state index contributed by atoms with van der Waals surface area (Å²) in [6.45, 7) is 7.00. The lowest BCUT2D eigenvalue weighted by molar-refractivity contribution is 0.0681. The molecule has 0 aromatic heterocycles. The predicted molar refractivity (Wildman–Crippen MR) is 53.7 cm³/mol. The van der Waals surface area contributed by atoms with Crippen LogP contribution in [0.5, 0.6) is 0 Å². The summed E-state index contributed by atoms with van der Waals surface area (Å²) in [6.07, 6.45) is 0. The average molecular weight is 220 g/mol. The molecule has 0 saturated carbocycles. The summed E-state index contributed by atoms with van der Waals surface area (Å²) in [5, 5.41) is 29.9. The van der Waals surface area contributed by atoms with Crippen molar-refractivity contribution in [2.75, 3.05) is 0 Å². The Labute approximate surface area is 91.6 Å². The molecule has 1 rings (SSSR count). The van der Waals surface area contributed by atoms with E-state index < -0.39 is 11.9 Å². The van der Waals surface area contributed by atoms with E-state index in [0.29, 0.717) is 0 Å². The molecule has 0 aliphatic carbocycles. The molecular weight excluding hydrogens is 212 g/mol. The van der Waals surface area contributed by atoms with Gasteiger partial charge in [-0.1, -0.05) is 0 Å². The van der Waals surface area contributed by atoms with Crippen molar-refractivity contribution in [1.82, 2.24) is 0 Å². The highest BCUT2D eigenvalue weighted by atomic mass is 16.4. The number of carboxylic acids is 2. The minimum Gasteiger partial charge on any atom is -0.478 e. The van der Waals surface area contributed by atoms with Gasteiger partial charge in [-0.2, -0.15) is 0 Å². The van der Waals surface area contributed by atoms with Gasteiger partial charge in [-0.25, -0.2) is 20.1 Å². The Morgan fingerprint density at radius 3 is 1.12 bits per heavy atom. The van der Waals surface area contributed by atoms with E-state index in [1.54, 1.807) is 0 Å². The average Bonchev–Trinajstić information content (AvgIpc) is 2.34. The van der Waals surface area contributed by atoms with Crippen LogP contribution in [-0.2, 0) is 0 Å². The quantitative estimate of drug-likeness (QED) is 0.775. The molecule has 0 aliphatic heterocycles. The Hall–Kier alpha value is -2.86. The smallest absolute Gasteiger partial charge is 0.335 e. The fourth-order valence-electron chi connectivity index (χ4n) is 0.755. The third-order valence-electron chi connectivity index (χ3n) is 1.38. The van der Waals surface area contributed by atoms with E-state index >= 15 is 0 Å². The molecule has 0 atom stereocenters. The standard InChI is InChI=1S/C8H6O4.2CHN/c9-7(10)5-1-2-6(4-3-5)8(11)12;2*1-2/h1-4H,(H,9,10)(H,11,12);2*1H. The number of carboxylic acid groups (broad SMARTS) is 2. The normalized spacial score (nSPS) is 7.25. The van der Waals surface area contributed by atoms with Crippen LogP contribution in [-0.4, -0.2) is 22.2 Å². The molecule has 0 amide bonds. The SMILES string of the molecule is C#N.C#N.O=C(O)c1ccc(C(=O)O)cc1. The minimum absolute atomic E-state index is 0.0833. The fraction of sp³-hybridized carbons (Fsp3) is 0. The Morgan fingerprint density at radius 1 is 0.812 bits per heavy atom. The van der Waals surface area contributed by atoms with Gasteiger partial charge < -0.3 is 10.2 Å². The van der Waals surface area contributed by atoms with Crippen molar-refractivity contribution in [1.29, 1.82) is 10.5 Å². The van der Waals surface area contributed by atoms with Crippen molar-refractivity contribution < 1.29 is 19.8 Å². The molecule has 0 unspecified atom stereocenters. The van der Waals surface area contributed by atoms with Gasteiger partial charge in [-0.05, 0) is 24.3 Å². The first-order valence-electron chi connectivity index (χ1n) is 3.69. The van der Waals surface area contributed by atoms with Gasteiger partial charge in [0.1, 0.15) is 0 Å². The van der Waals surface area contributed by atoms with Crippen molar-refractivity contribution in [2.24, 2.45) is 0 Å². The van der Waals surface area contributed by atoms with Gasteiger partial charge >= 0.3 is 11.9 Å². The van der Waals surface area contributed by atoms with Crippen LogP contribution in [0.15, 0.2) is 24.3 Å². The summed E-state index contributed by atoms with van der Waals surface area (Å²) < 4.78 is 0. The Kier molecular flexibility index (Phi) is 8.51. The van der Waals surface area contributed by atoms with Gasteiger partial charge in [0.25, 0.3) is 0 Å². The molecule has 6 heteroatoms. The number of carbonyl (C=O) groups is 2. The second kappa shape index (κ2) is 8.73. The third-order valence-corrected chi connectivity index (χ3v) is 1.38. The molecule has 2 N–H and O–H groups in total. The number of hydrogen-bond donors (Lipinski definition) is 2. The molecule has 6 nitrogen and oxygen atoms in total. The second-order valence-electron chi connectivity index (χ2n) is 2.19. The van der Waals surface area contributed by atoms with Crippen LogP contribution < -0.4 is 0 Å². The van der Waals surface area contributed by atoms with E-state index in [1.165, 1.54) is 24.3 Å². The van der Waals surface area contributed by atoms with Crippen LogP contribution in [0.25, 0.3) is 0 Å². The molecule has 16 heavy (non-hydrogen) atoms. The summed E-state index contributed by atoms with van der Waals surface area (Å²) in [5.74, 6) is -2.13. The molecule has 0 fully saturated rings. The van der Waals surface area contributed by atoms with Gasteiger partial charge in [0.05, 0.1) is 11.1 Å². The number of hydrogen-bond acceptors (Lipinski definition) is 4. The first kappa shape index (κ1) is 15.6. The molecule has 1 aromatic rings. The van der Waals surface area contributed by atoms with Crippen molar-refractivity contribution in [3.63, 3.8) is 0 Å². The topological polar surface area (TPSA) is 122 Å². The number of benzene rings is 1. The number of nitriles is 2. The van der Waals surface area contributed by atoms with E-state index in [9.17, 15) is 9.59 Å². The Balaban J connectivity index is 0. The molecule has 0 bridgehead atoms. The summed E-state index contributed by atoms with van der Waals surface area (Å²) in [7, 11) is 0. The zero-order valence-corrected chi connectivity index (χ0v) is 8.07. The molecular formula is C10H8N2O4. The summed E-state index contributed by atoms with van der Waals surface area (Å²) in [5.41, 5.74) is 0.167. The van der Waals surface area contributed by atoms with Crippen molar-refractivity contribution in [3.8, 4) is 13.1 Å². The van der Waals surface area contributed by atoms with Crippen LogP contribution in [0.4, 0.5) is 0 Å². The van der Waals surface area contributed by atoms with Gasteiger partial charge in [-0.3, -0.25) is 0 Å². The molecule has 0 spiro atoms. The van der Waals surface area contributed by atoms with E-state index in [1.807, 2.05) is 0 Å². The highest BCUT2D eigenvalue weighted by molar-refractivity contribution is 5.91. The maximum absolute atomic E-state index is 10.3. The first-order chi connectivity index (χ1) is 7.61. The van der Waals surface area contributed by atoms with Crippen LogP contribution in [0.3, 0.4) is 0 Å². The van der Waals surface area contributed by atoms with Gasteiger partial charge in [-0.15, -0.1) is 0 Å². The van der Waals surface area contributed by atoms with E-state index in [2.05, 4.69) is 13.1 Å². The van der Waals surface area contributed by atoms with Gasteiger partial charge in [0, 0.05) is 13.1 Å². The lowest BCUT2D eigenvalue weighted by Crippen LogP contribution is -1.99. The minimum atomic E-state index is -1.06. The zero-order chi connectivity index (χ0) is 13.1. The van der Waals surface area contributed by atoms with Gasteiger partial charge in [0.15, 0.2) is 0 Å². The Morgan fingerprint density at radius 2 is 1.00 bits per heavy atom. The summed E-state index contributed by atoms with van der Waals surface area (Å²) in [6, 6.07) is 5.02. The lowest BCUT2D eigenvalue weighted by atomic mass is 10.1. The maximum Gasteiger partial charge on any atom is 0.335 e. The molecule has 0 radical (unpaired) electrons. The van der Waals surface area contributed by atoms with Crippen LogP contribution in [0.2, 0.25) is 0 Å². The third kappa shape index (κ3) is 5.00.